The van der Waals surface area contributed by atoms with Gasteiger partial charge in [0.1, 0.15) is 12.0 Å². The normalized spacial score (nSPS) is 30.3. The number of hydrogen-bond donors (Lipinski definition) is 3. The van der Waals surface area contributed by atoms with E-state index in [1.165, 1.54) is 0 Å². The van der Waals surface area contributed by atoms with Crippen LogP contribution in [0.4, 0.5) is 0 Å². The van der Waals surface area contributed by atoms with E-state index < -0.39 is 0 Å². The lowest BCUT2D eigenvalue weighted by Gasteiger charge is -2.16. The Labute approximate surface area is 87.1 Å². The minimum Gasteiger partial charge on any atom is -0.444 e. The number of hydrogen-bond acceptors (Lipinski definition) is 6. The summed E-state index contributed by atoms with van der Waals surface area (Å²) in [6.45, 7) is 1.01. The average Bonchev–Trinajstić information content (AvgIpc) is 3.02. The molecule has 0 spiro atoms. The lowest BCUT2D eigenvalue weighted by Crippen LogP contribution is -2.43. The molecule has 2 aliphatic heterocycles. The summed E-state index contributed by atoms with van der Waals surface area (Å²) in [6, 6.07) is 0.767. The topological polar surface area (TPSA) is 74.5 Å². The largest absolute Gasteiger partial charge is 0.444 e. The highest BCUT2D eigenvalue weighted by Crippen LogP contribution is 2.15. The summed E-state index contributed by atoms with van der Waals surface area (Å²) in [6.07, 6.45) is 5.19. The molecule has 0 bridgehead atoms. The second-order valence-electron chi connectivity index (χ2n) is 3.80. The van der Waals surface area contributed by atoms with E-state index in [9.17, 15) is 0 Å². The Hall–Kier alpha value is -1.40. The first kappa shape index (κ1) is 8.87. The molecule has 6 nitrogen and oxygen atoms in total. The van der Waals surface area contributed by atoms with Crippen LogP contribution in [0.25, 0.3) is 0 Å². The summed E-state index contributed by atoms with van der Waals surface area (Å²) in [5.74, 6) is 0.621. The molecule has 3 heterocycles. The number of hydrazone groups is 1. The van der Waals surface area contributed by atoms with Gasteiger partial charge in [-0.25, -0.2) is 4.98 Å². The molecule has 1 aromatic rings. The molecule has 1 saturated heterocycles. The third-order valence-electron chi connectivity index (χ3n) is 2.81. The molecule has 3 N–H and O–H groups in total. The molecule has 2 unspecified atom stereocenters. The number of aromatic nitrogens is 1. The van der Waals surface area contributed by atoms with Crippen LogP contribution >= 0.6 is 0 Å². The molecule has 2 aliphatic rings. The van der Waals surface area contributed by atoms with Crippen LogP contribution in [-0.4, -0.2) is 29.3 Å². The fourth-order valence-corrected chi connectivity index (χ4v) is 2.00. The number of oxazole rings is 1. The van der Waals surface area contributed by atoms with Crippen molar-refractivity contribution in [3.63, 3.8) is 0 Å². The molecule has 15 heavy (non-hydrogen) atoms. The standard InChI is InChI=1S/C9H13N5O/c1-2-11-12-6(1)7-5-8(14-13-7)9-10-3-4-15-9/h3-4,6-7,11-13H,1-2,5H2. The van der Waals surface area contributed by atoms with Crippen molar-refractivity contribution in [3.05, 3.63) is 18.4 Å². The van der Waals surface area contributed by atoms with Crippen LogP contribution < -0.4 is 16.3 Å². The SMILES string of the molecule is c1coc(C2=NNC(C3CCNN3)C2)n1. The van der Waals surface area contributed by atoms with Crippen LogP contribution in [0, 0.1) is 0 Å². The summed E-state index contributed by atoms with van der Waals surface area (Å²) in [5, 5.41) is 4.25. The van der Waals surface area contributed by atoms with E-state index >= 15 is 0 Å². The molecule has 0 aliphatic carbocycles. The summed E-state index contributed by atoms with van der Waals surface area (Å²) >= 11 is 0. The molecule has 0 amide bonds. The molecule has 0 saturated carbocycles. The smallest absolute Gasteiger partial charge is 0.242 e. The number of hydrazine groups is 1. The zero-order chi connectivity index (χ0) is 10.1. The highest BCUT2D eigenvalue weighted by atomic mass is 16.3. The predicted octanol–water partition coefficient (Wildman–Crippen LogP) is -0.393. The van der Waals surface area contributed by atoms with Gasteiger partial charge in [0, 0.05) is 19.0 Å². The van der Waals surface area contributed by atoms with Crippen LogP contribution in [0.2, 0.25) is 0 Å². The van der Waals surface area contributed by atoms with Gasteiger partial charge in [-0.05, 0) is 6.42 Å². The van der Waals surface area contributed by atoms with Gasteiger partial charge in [0.15, 0.2) is 0 Å². The van der Waals surface area contributed by atoms with Crippen molar-refractivity contribution in [1.82, 2.24) is 21.3 Å². The van der Waals surface area contributed by atoms with Gasteiger partial charge in [0.2, 0.25) is 5.89 Å². The van der Waals surface area contributed by atoms with E-state index in [4.69, 9.17) is 4.42 Å². The molecule has 0 aromatic carbocycles. The second kappa shape index (κ2) is 3.63. The first-order valence-corrected chi connectivity index (χ1v) is 5.14. The van der Waals surface area contributed by atoms with Crippen LogP contribution in [-0.2, 0) is 0 Å². The van der Waals surface area contributed by atoms with Crippen LogP contribution in [0.5, 0.6) is 0 Å². The minimum atomic E-state index is 0.335. The zero-order valence-corrected chi connectivity index (χ0v) is 8.23. The van der Waals surface area contributed by atoms with E-state index in [0.29, 0.717) is 18.0 Å². The maximum atomic E-state index is 5.21. The van der Waals surface area contributed by atoms with Crippen LogP contribution in [0.3, 0.4) is 0 Å². The fourth-order valence-electron chi connectivity index (χ4n) is 2.00. The van der Waals surface area contributed by atoms with Crippen molar-refractivity contribution >= 4 is 5.71 Å². The highest BCUT2D eigenvalue weighted by Gasteiger charge is 2.30. The van der Waals surface area contributed by atoms with Crippen molar-refractivity contribution in [2.75, 3.05) is 6.54 Å². The third kappa shape index (κ3) is 1.62. The molecule has 2 atom stereocenters. The Bertz CT molecular complexity index is 355. The van der Waals surface area contributed by atoms with Gasteiger partial charge in [-0.2, -0.15) is 5.10 Å². The van der Waals surface area contributed by atoms with E-state index in [-0.39, 0.29) is 0 Å². The lowest BCUT2D eigenvalue weighted by molar-refractivity contribution is 0.422. The van der Waals surface area contributed by atoms with Gasteiger partial charge in [0.05, 0.1) is 12.2 Å². The van der Waals surface area contributed by atoms with Crippen LogP contribution in [0.1, 0.15) is 18.7 Å². The quantitative estimate of drug-likeness (QED) is 0.615. The Kier molecular flexibility index (Phi) is 2.15. The molecular formula is C9H13N5O. The first-order chi connectivity index (χ1) is 7.43. The number of nitrogens with zero attached hydrogens (tertiary/aromatic N) is 2. The maximum Gasteiger partial charge on any atom is 0.242 e. The second-order valence-corrected chi connectivity index (χ2v) is 3.80. The van der Waals surface area contributed by atoms with E-state index in [0.717, 1.165) is 25.1 Å². The Morgan fingerprint density at radius 1 is 1.40 bits per heavy atom. The molecule has 6 heteroatoms. The van der Waals surface area contributed by atoms with Gasteiger partial charge in [-0.1, -0.05) is 0 Å². The van der Waals surface area contributed by atoms with Gasteiger partial charge in [-0.3, -0.25) is 10.9 Å². The first-order valence-electron chi connectivity index (χ1n) is 5.14. The molecule has 1 fully saturated rings. The summed E-state index contributed by atoms with van der Waals surface area (Å²) in [5.41, 5.74) is 10.4. The van der Waals surface area contributed by atoms with Gasteiger partial charge >= 0.3 is 0 Å². The Morgan fingerprint density at radius 2 is 2.40 bits per heavy atom. The summed E-state index contributed by atoms with van der Waals surface area (Å²) in [4.78, 5) is 4.09. The van der Waals surface area contributed by atoms with Crippen molar-refractivity contribution < 1.29 is 4.42 Å². The van der Waals surface area contributed by atoms with Crippen LogP contribution in [0.15, 0.2) is 22.0 Å². The summed E-state index contributed by atoms with van der Waals surface area (Å²) < 4.78 is 5.21. The van der Waals surface area contributed by atoms with E-state index in [2.05, 4.69) is 26.4 Å². The van der Waals surface area contributed by atoms with E-state index in [1.807, 2.05) is 0 Å². The monoisotopic (exact) mass is 207 g/mol. The summed E-state index contributed by atoms with van der Waals surface area (Å²) in [7, 11) is 0. The van der Waals surface area contributed by atoms with Gasteiger partial charge in [0.25, 0.3) is 0 Å². The number of nitrogens with one attached hydrogen (secondary N) is 3. The predicted molar refractivity (Wildman–Crippen MR) is 54.1 cm³/mol. The van der Waals surface area contributed by atoms with Crippen molar-refractivity contribution in [2.24, 2.45) is 5.10 Å². The highest BCUT2D eigenvalue weighted by molar-refractivity contribution is 5.97. The maximum absolute atomic E-state index is 5.21. The molecule has 0 radical (unpaired) electrons. The lowest BCUT2D eigenvalue weighted by atomic mass is 10.0. The van der Waals surface area contributed by atoms with Gasteiger partial charge in [-0.15, -0.1) is 0 Å². The van der Waals surface area contributed by atoms with E-state index in [1.54, 1.807) is 12.5 Å². The van der Waals surface area contributed by atoms with Crippen molar-refractivity contribution in [2.45, 2.75) is 24.9 Å². The fraction of sp³-hybridized carbons (Fsp3) is 0.556. The number of rotatable bonds is 2. The van der Waals surface area contributed by atoms with Gasteiger partial charge < -0.3 is 9.84 Å². The molecule has 1 aromatic heterocycles. The third-order valence-corrected chi connectivity index (χ3v) is 2.81. The molecular weight excluding hydrogens is 194 g/mol. The Balaban J connectivity index is 1.66. The Morgan fingerprint density at radius 3 is 3.13 bits per heavy atom. The molecule has 3 rings (SSSR count). The molecule has 80 valence electrons. The minimum absolute atomic E-state index is 0.335. The van der Waals surface area contributed by atoms with Crippen molar-refractivity contribution in [1.29, 1.82) is 0 Å². The zero-order valence-electron chi connectivity index (χ0n) is 8.23. The average molecular weight is 207 g/mol. The van der Waals surface area contributed by atoms with Crippen molar-refractivity contribution in [3.8, 4) is 0 Å².